The minimum atomic E-state index is -0.0540. The summed E-state index contributed by atoms with van der Waals surface area (Å²) in [6.45, 7) is 6.60. The van der Waals surface area contributed by atoms with Gasteiger partial charge in [-0.25, -0.2) is 0 Å². The van der Waals surface area contributed by atoms with Crippen molar-refractivity contribution in [2.75, 3.05) is 25.1 Å². The van der Waals surface area contributed by atoms with Crippen LogP contribution in [0.2, 0.25) is 0 Å². The van der Waals surface area contributed by atoms with Crippen LogP contribution in [0, 0.1) is 5.92 Å². The van der Waals surface area contributed by atoms with Crippen LogP contribution in [-0.4, -0.2) is 24.7 Å². The Morgan fingerprint density at radius 2 is 2.10 bits per heavy atom. The van der Waals surface area contributed by atoms with Crippen LogP contribution in [0.15, 0.2) is 35.1 Å². The Balaban J connectivity index is 1.86. The third-order valence-electron chi connectivity index (χ3n) is 2.99. The van der Waals surface area contributed by atoms with E-state index in [0.29, 0.717) is 5.92 Å². The maximum atomic E-state index is 11.9. The van der Waals surface area contributed by atoms with Gasteiger partial charge in [0.15, 0.2) is 0 Å². The molecule has 1 heterocycles. The molecule has 2 N–H and O–H groups in total. The number of benzene rings is 1. The standard InChI is InChI=1S/C16H22N2O2/c1-12(2)11-20-9-5-8-17-15-10-13-6-3-4-7-14(13)16(19)18-15/h3-4,6-7,10,12H,5,8-9,11H2,1-2H3,(H2,17,18,19). The highest BCUT2D eigenvalue weighted by atomic mass is 16.5. The molecule has 0 amide bonds. The summed E-state index contributed by atoms with van der Waals surface area (Å²) in [5.74, 6) is 1.33. The number of nitrogens with one attached hydrogen (secondary N) is 2. The number of rotatable bonds is 7. The number of anilines is 1. The average molecular weight is 274 g/mol. The lowest BCUT2D eigenvalue weighted by Crippen LogP contribution is -2.13. The molecular formula is C16H22N2O2. The quantitative estimate of drug-likeness (QED) is 0.763. The van der Waals surface area contributed by atoms with Crippen molar-refractivity contribution in [1.29, 1.82) is 0 Å². The lowest BCUT2D eigenvalue weighted by atomic mass is 10.2. The van der Waals surface area contributed by atoms with Gasteiger partial charge in [0.2, 0.25) is 0 Å². The Morgan fingerprint density at radius 3 is 2.90 bits per heavy atom. The molecule has 20 heavy (non-hydrogen) atoms. The third-order valence-corrected chi connectivity index (χ3v) is 2.99. The minimum absolute atomic E-state index is 0.0540. The molecule has 0 saturated heterocycles. The van der Waals surface area contributed by atoms with Crippen LogP contribution in [0.4, 0.5) is 5.82 Å². The summed E-state index contributed by atoms with van der Waals surface area (Å²) in [4.78, 5) is 14.7. The van der Waals surface area contributed by atoms with E-state index >= 15 is 0 Å². The minimum Gasteiger partial charge on any atom is -0.381 e. The van der Waals surface area contributed by atoms with E-state index in [-0.39, 0.29) is 5.56 Å². The van der Waals surface area contributed by atoms with Gasteiger partial charge in [-0.05, 0) is 29.9 Å². The van der Waals surface area contributed by atoms with Gasteiger partial charge in [0.25, 0.3) is 5.56 Å². The van der Waals surface area contributed by atoms with E-state index in [2.05, 4.69) is 24.1 Å². The van der Waals surface area contributed by atoms with Crippen LogP contribution >= 0.6 is 0 Å². The van der Waals surface area contributed by atoms with Crippen LogP contribution in [-0.2, 0) is 4.74 Å². The smallest absolute Gasteiger partial charge is 0.257 e. The van der Waals surface area contributed by atoms with Gasteiger partial charge in [-0.3, -0.25) is 4.79 Å². The summed E-state index contributed by atoms with van der Waals surface area (Å²) in [6, 6.07) is 9.55. The molecule has 0 unspecified atom stereocenters. The van der Waals surface area contributed by atoms with Crippen molar-refractivity contribution in [3.63, 3.8) is 0 Å². The highest BCUT2D eigenvalue weighted by molar-refractivity contribution is 5.83. The largest absolute Gasteiger partial charge is 0.381 e. The first-order valence-corrected chi connectivity index (χ1v) is 7.10. The van der Waals surface area contributed by atoms with Gasteiger partial charge in [0.1, 0.15) is 5.82 Å². The first-order valence-electron chi connectivity index (χ1n) is 7.10. The predicted octanol–water partition coefficient (Wildman–Crippen LogP) is 3.00. The van der Waals surface area contributed by atoms with Gasteiger partial charge in [0.05, 0.1) is 0 Å². The van der Waals surface area contributed by atoms with E-state index in [1.54, 1.807) is 0 Å². The molecular weight excluding hydrogens is 252 g/mol. The maximum Gasteiger partial charge on any atom is 0.257 e. The predicted molar refractivity (Wildman–Crippen MR) is 83.3 cm³/mol. The summed E-state index contributed by atoms with van der Waals surface area (Å²) < 4.78 is 5.52. The van der Waals surface area contributed by atoms with E-state index in [1.165, 1.54) is 0 Å². The van der Waals surface area contributed by atoms with Crippen LogP contribution in [0.1, 0.15) is 20.3 Å². The molecule has 1 aromatic carbocycles. The van der Waals surface area contributed by atoms with E-state index in [9.17, 15) is 4.79 Å². The van der Waals surface area contributed by atoms with Gasteiger partial charge in [0, 0.05) is 25.1 Å². The number of hydrogen-bond donors (Lipinski definition) is 2. The van der Waals surface area contributed by atoms with Crippen LogP contribution in [0.25, 0.3) is 10.8 Å². The SMILES string of the molecule is CC(C)COCCCNc1cc2ccccc2c(=O)[nH]1. The van der Waals surface area contributed by atoms with Crippen molar-refractivity contribution in [1.82, 2.24) is 4.98 Å². The fraction of sp³-hybridized carbons (Fsp3) is 0.438. The van der Waals surface area contributed by atoms with E-state index in [1.807, 2.05) is 30.3 Å². The van der Waals surface area contributed by atoms with Crippen LogP contribution < -0.4 is 10.9 Å². The fourth-order valence-electron chi connectivity index (χ4n) is 2.02. The lowest BCUT2D eigenvalue weighted by Gasteiger charge is -2.09. The van der Waals surface area contributed by atoms with Crippen molar-refractivity contribution in [3.8, 4) is 0 Å². The Labute approximate surface area is 119 Å². The number of ether oxygens (including phenoxy) is 1. The average Bonchev–Trinajstić information content (AvgIpc) is 2.42. The maximum absolute atomic E-state index is 11.9. The van der Waals surface area contributed by atoms with Crippen LogP contribution in [0.3, 0.4) is 0 Å². The van der Waals surface area contributed by atoms with Gasteiger partial charge in [-0.15, -0.1) is 0 Å². The molecule has 0 radical (unpaired) electrons. The zero-order valence-corrected chi connectivity index (χ0v) is 12.1. The molecule has 2 aromatic rings. The van der Waals surface area contributed by atoms with Crippen molar-refractivity contribution < 1.29 is 4.74 Å². The first kappa shape index (κ1) is 14.6. The van der Waals surface area contributed by atoms with Gasteiger partial charge in [-0.1, -0.05) is 32.0 Å². The molecule has 0 saturated carbocycles. The van der Waals surface area contributed by atoms with Crippen LogP contribution in [0.5, 0.6) is 0 Å². The third kappa shape index (κ3) is 4.10. The molecule has 0 aliphatic carbocycles. The van der Waals surface area contributed by atoms with Crippen molar-refractivity contribution >= 4 is 16.6 Å². The second kappa shape index (κ2) is 7.10. The molecule has 4 nitrogen and oxygen atoms in total. The van der Waals surface area contributed by atoms with Crippen molar-refractivity contribution in [3.05, 3.63) is 40.7 Å². The van der Waals surface area contributed by atoms with E-state index in [4.69, 9.17) is 4.74 Å². The summed E-state index contributed by atoms with van der Waals surface area (Å²) in [7, 11) is 0. The molecule has 0 atom stereocenters. The van der Waals surface area contributed by atoms with Gasteiger partial charge < -0.3 is 15.0 Å². The highest BCUT2D eigenvalue weighted by Gasteiger charge is 2.00. The molecule has 108 valence electrons. The summed E-state index contributed by atoms with van der Waals surface area (Å²) >= 11 is 0. The molecule has 0 bridgehead atoms. The normalized spacial score (nSPS) is 11.2. The Bertz CT molecular complexity index is 605. The Kier molecular flexibility index (Phi) is 5.18. The molecule has 4 heteroatoms. The van der Waals surface area contributed by atoms with E-state index in [0.717, 1.165) is 42.8 Å². The number of H-pyrrole nitrogens is 1. The van der Waals surface area contributed by atoms with E-state index < -0.39 is 0 Å². The molecule has 0 aliphatic rings. The molecule has 0 fully saturated rings. The van der Waals surface area contributed by atoms with Gasteiger partial charge >= 0.3 is 0 Å². The zero-order chi connectivity index (χ0) is 14.4. The Morgan fingerprint density at radius 1 is 1.30 bits per heavy atom. The lowest BCUT2D eigenvalue weighted by molar-refractivity contribution is 0.110. The Hall–Kier alpha value is -1.81. The summed E-state index contributed by atoms with van der Waals surface area (Å²) in [5.41, 5.74) is -0.0540. The molecule has 0 aliphatic heterocycles. The number of hydrogen-bond acceptors (Lipinski definition) is 3. The zero-order valence-electron chi connectivity index (χ0n) is 12.1. The highest BCUT2D eigenvalue weighted by Crippen LogP contribution is 2.12. The molecule has 0 spiro atoms. The fourth-order valence-corrected chi connectivity index (χ4v) is 2.02. The second-order valence-corrected chi connectivity index (χ2v) is 5.35. The summed E-state index contributed by atoms with van der Waals surface area (Å²) in [6.07, 6.45) is 0.918. The first-order chi connectivity index (χ1) is 9.66. The number of aromatic nitrogens is 1. The van der Waals surface area contributed by atoms with Crippen molar-refractivity contribution in [2.45, 2.75) is 20.3 Å². The molecule has 2 rings (SSSR count). The van der Waals surface area contributed by atoms with Gasteiger partial charge in [-0.2, -0.15) is 0 Å². The second-order valence-electron chi connectivity index (χ2n) is 5.35. The topological polar surface area (TPSA) is 54.1 Å². The monoisotopic (exact) mass is 274 g/mol. The molecule has 1 aromatic heterocycles. The summed E-state index contributed by atoms with van der Waals surface area (Å²) in [5, 5.41) is 4.90. The number of fused-ring (bicyclic) bond motifs is 1. The number of pyridine rings is 1. The number of aromatic amines is 1. The van der Waals surface area contributed by atoms with Crippen molar-refractivity contribution in [2.24, 2.45) is 5.92 Å².